The number of rotatable bonds is 7. The standard InChI is InChI=1S/C21H24N4O3S/c1-28-9-2-3-17-13-22-18(16-11-15-6-10-29-20(15)23-12-16)19(24-17)25-7-4-14(5-8-25)21(26)27/h6,10-14H,2-5,7-9H2,1H3,(H,26,27). The second kappa shape index (κ2) is 8.84. The van der Waals surface area contributed by atoms with E-state index in [1.165, 1.54) is 0 Å². The molecule has 29 heavy (non-hydrogen) atoms. The molecule has 1 saturated heterocycles. The van der Waals surface area contributed by atoms with Crippen molar-refractivity contribution in [3.8, 4) is 11.3 Å². The van der Waals surface area contributed by atoms with Gasteiger partial charge in [-0.15, -0.1) is 11.3 Å². The van der Waals surface area contributed by atoms with Crippen molar-refractivity contribution in [3.05, 3.63) is 35.6 Å². The molecule has 0 aliphatic carbocycles. The van der Waals surface area contributed by atoms with Crippen LogP contribution in [-0.2, 0) is 16.0 Å². The molecule has 0 unspecified atom stereocenters. The van der Waals surface area contributed by atoms with Gasteiger partial charge in [0.2, 0.25) is 0 Å². The molecule has 0 bridgehead atoms. The van der Waals surface area contributed by atoms with Gasteiger partial charge < -0.3 is 14.7 Å². The fourth-order valence-electron chi connectivity index (χ4n) is 3.68. The van der Waals surface area contributed by atoms with E-state index in [0.717, 1.165) is 45.8 Å². The monoisotopic (exact) mass is 412 g/mol. The number of aliphatic carboxylic acids is 1. The average molecular weight is 413 g/mol. The number of anilines is 1. The number of carbonyl (C=O) groups is 1. The van der Waals surface area contributed by atoms with Crippen LogP contribution in [0.5, 0.6) is 0 Å². The van der Waals surface area contributed by atoms with E-state index in [2.05, 4.69) is 22.0 Å². The minimum atomic E-state index is -0.712. The maximum Gasteiger partial charge on any atom is 0.306 e. The van der Waals surface area contributed by atoms with Crippen LogP contribution in [0.4, 0.5) is 5.82 Å². The quantitative estimate of drug-likeness (QED) is 0.593. The first kappa shape index (κ1) is 19.7. The van der Waals surface area contributed by atoms with E-state index in [0.29, 0.717) is 32.5 Å². The van der Waals surface area contributed by atoms with Gasteiger partial charge in [-0.05, 0) is 43.2 Å². The Kier molecular flexibility index (Phi) is 6.01. The maximum absolute atomic E-state index is 11.3. The van der Waals surface area contributed by atoms with Gasteiger partial charge in [-0.1, -0.05) is 0 Å². The lowest BCUT2D eigenvalue weighted by atomic mass is 9.97. The van der Waals surface area contributed by atoms with Crippen LogP contribution in [0, 0.1) is 5.92 Å². The highest BCUT2D eigenvalue weighted by atomic mass is 32.1. The van der Waals surface area contributed by atoms with E-state index in [1.54, 1.807) is 18.4 Å². The molecule has 0 saturated carbocycles. The summed E-state index contributed by atoms with van der Waals surface area (Å²) in [6.45, 7) is 2.00. The molecule has 3 aromatic rings. The second-order valence-electron chi connectivity index (χ2n) is 7.27. The number of pyridine rings is 1. The summed E-state index contributed by atoms with van der Waals surface area (Å²) in [4.78, 5) is 28.7. The second-order valence-corrected chi connectivity index (χ2v) is 8.16. The van der Waals surface area contributed by atoms with Crippen molar-refractivity contribution in [2.45, 2.75) is 25.7 Å². The molecule has 0 spiro atoms. The molecule has 1 N–H and O–H groups in total. The van der Waals surface area contributed by atoms with Gasteiger partial charge in [0, 0.05) is 50.1 Å². The zero-order valence-corrected chi connectivity index (χ0v) is 17.2. The number of hydrogen-bond acceptors (Lipinski definition) is 7. The molecule has 0 amide bonds. The molecule has 8 heteroatoms. The van der Waals surface area contributed by atoms with Crippen LogP contribution in [0.25, 0.3) is 21.5 Å². The minimum absolute atomic E-state index is 0.281. The first-order valence-corrected chi connectivity index (χ1v) is 10.7. The Morgan fingerprint density at radius 1 is 1.31 bits per heavy atom. The molecule has 4 rings (SSSR count). The highest BCUT2D eigenvalue weighted by Gasteiger charge is 2.27. The highest BCUT2D eigenvalue weighted by Crippen LogP contribution is 2.32. The van der Waals surface area contributed by atoms with Crippen molar-refractivity contribution >= 4 is 33.3 Å². The smallest absolute Gasteiger partial charge is 0.306 e. The first-order valence-electron chi connectivity index (χ1n) is 9.82. The zero-order chi connectivity index (χ0) is 20.2. The van der Waals surface area contributed by atoms with Crippen LogP contribution in [-0.4, -0.2) is 52.8 Å². The average Bonchev–Trinajstić information content (AvgIpc) is 3.22. The van der Waals surface area contributed by atoms with Crippen molar-refractivity contribution < 1.29 is 14.6 Å². The lowest BCUT2D eigenvalue weighted by Crippen LogP contribution is -2.37. The van der Waals surface area contributed by atoms with Gasteiger partial charge in [-0.2, -0.15) is 0 Å². The molecule has 0 atom stereocenters. The highest BCUT2D eigenvalue weighted by molar-refractivity contribution is 7.16. The van der Waals surface area contributed by atoms with E-state index < -0.39 is 5.97 Å². The van der Waals surface area contributed by atoms with Gasteiger partial charge in [-0.25, -0.2) is 9.97 Å². The topological polar surface area (TPSA) is 88.4 Å². The molecular formula is C21H24N4O3S. The van der Waals surface area contributed by atoms with Gasteiger partial charge in [0.05, 0.1) is 11.6 Å². The maximum atomic E-state index is 11.3. The van der Waals surface area contributed by atoms with Gasteiger partial charge in [0.1, 0.15) is 10.5 Å². The number of nitrogens with zero attached hydrogens (tertiary/aromatic N) is 4. The summed E-state index contributed by atoms with van der Waals surface area (Å²) in [7, 11) is 1.69. The number of hydrogen-bond donors (Lipinski definition) is 1. The van der Waals surface area contributed by atoms with Crippen LogP contribution in [0.3, 0.4) is 0 Å². The molecule has 1 aliphatic rings. The predicted octanol–water partition coefficient (Wildman–Crippen LogP) is 3.63. The van der Waals surface area contributed by atoms with E-state index in [1.807, 2.05) is 17.8 Å². The largest absolute Gasteiger partial charge is 0.481 e. The molecule has 152 valence electrons. The Balaban J connectivity index is 1.67. The molecule has 0 radical (unpaired) electrons. The molecule has 4 heterocycles. The summed E-state index contributed by atoms with van der Waals surface area (Å²) in [5, 5.41) is 12.4. The first-order chi connectivity index (χ1) is 14.2. The Morgan fingerprint density at radius 2 is 2.14 bits per heavy atom. The Bertz CT molecular complexity index is 999. The predicted molar refractivity (Wildman–Crippen MR) is 113 cm³/mol. The summed E-state index contributed by atoms with van der Waals surface area (Å²) in [5.74, 6) is -0.173. The summed E-state index contributed by atoms with van der Waals surface area (Å²) in [6.07, 6.45) is 6.59. The van der Waals surface area contributed by atoms with Crippen LogP contribution >= 0.6 is 11.3 Å². The Morgan fingerprint density at radius 3 is 2.90 bits per heavy atom. The fraction of sp³-hybridized carbons (Fsp3) is 0.429. The molecule has 7 nitrogen and oxygen atoms in total. The minimum Gasteiger partial charge on any atom is -0.481 e. The van der Waals surface area contributed by atoms with Crippen molar-refractivity contribution in [2.75, 3.05) is 31.7 Å². The number of piperidine rings is 1. The van der Waals surface area contributed by atoms with E-state index in [4.69, 9.17) is 14.7 Å². The Labute approximate surface area is 173 Å². The van der Waals surface area contributed by atoms with Crippen molar-refractivity contribution in [1.82, 2.24) is 15.0 Å². The number of thiophene rings is 1. The third-order valence-electron chi connectivity index (χ3n) is 5.31. The number of fused-ring (bicyclic) bond motifs is 1. The van der Waals surface area contributed by atoms with Crippen LogP contribution in [0.15, 0.2) is 29.9 Å². The lowest BCUT2D eigenvalue weighted by Gasteiger charge is -2.32. The number of aromatic nitrogens is 3. The van der Waals surface area contributed by atoms with Crippen LogP contribution in [0.2, 0.25) is 0 Å². The zero-order valence-electron chi connectivity index (χ0n) is 16.4. The molecule has 3 aromatic heterocycles. The normalized spacial score (nSPS) is 15.1. The van der Waals surface area contributed by atoms with Gasteiger partial charge in [0.15, 0.2) is 5.82 Å². The molecular weight excluding hydrogens is 388 g/mol. The number of carboxylic acids is 1. The van der Waals surface area contributed by atoms with Gasteiger partial charge in [-0.3, -0.25) is 9.78 Å². The molecule has 0 aromatic carbocycles. The number of aryl methyl sites for hydroxylation is 1. The van der Waals surface area contributed by atoms with Crippen molar-refractivity contribution in [1.29, 1.82) is 0 Å². The lowest BCUT2D eigenvalue weighted by molar-refractivity contribution is -0.142. The number of methoxy groups -OCH3 is 1. The molecule has 1 fully saturated rings. The third-order valence-corrected chi connectivity index (χ3v) is 6.15. The van der Waals surface area contributed by atoms with Crippen molar-refractivity contribution in [3.63, 3.8) is 0 Å². The van der Waals surface area contributed by atoms with E-state index >= 15 is 0 Å². The van der Waals surface area contributed by atoms with Gasteiger partial charge in [0.25, 0.3) is 0 Å². The number of ether oxygens (including phenoxy) is 1. The van der Waals surface area contributed by atoms with E-state index in [9.17, 15) is 9.90 Å². The van der Waals surface area contributed by atoms with Crippen molar-refractivity contribution in [2.24, 2.45) is 5.92 Å². The van der Waals surface area contributed by atoms with E-state index in [-0.39, 0.29) is 5.92 Å². The van der Waals surface area contributed by atoms with Crippen LogP contribution < -0.4 is 4.90 Å². The SMILES string of the molecule is COCCCc1cnc(-c2cnc3sccc3c2)c(N2CCC(C(=O)O)CC2)n1. The van der Waals surface area contributed by atoms with Crippen LogP contribution in [0.1, 0.15) is 25.0 Å². The fourth-order valence-corrected chi connectivity index (χ4v) is 4.40. The summed E-state index contributed by atoms with van der Waals surface area (Å²) < 4.78 is 5.15. The third kappa shape index (κ3) is 4.38. The molecule has 1 aliphatic heterocycles. The summed E-state index contributed by atoms with van der Waals surface area (Å²) in [5.41, 5.74) is 2.66. The number of carboxylic acid groups (broad SMARTS) is 1. The van der Waals surface area contributed by atoms with Gasteiger partial charge >= 0.3 is 5.97 Å². The summed E-state index contributed by atoms with van der Waals surface area (Å²) in [6, 6.07) is 4.15. The summed E-state index contributed by atoms with van der Waals surface area (Å²) >= 11 is 1.62. The Hall–Kier alpha value is -2.58.